The van der Waals surface area contributed by atoms with Crippen molar-refractivity contribution in [2.24, 2.45) is 0 Å². The number of hydrogen-bond donors (Lipinski definition) is 1. The number of carbonyl (C=O) groups is 4. The van der Waals surface area contributed by atoms with Crippen molar-refractivity contribution in [3.63, 3.8) is 0 Å². The van der Waals surface area contributed by atoms with E-state index >= 15 is 0 Å². The maximum Gasteiger partial charge on any atom is 0.311 e. The average molecular weight is 428 g/mol. The van der Waals surface area contributed by atoms with Gasteiger partial charge >= 0.3 is 5.97 Å². The summed E-state index contributed by atoms with van der Waals surface area (Å²) in [4.78, 5) is 57.7. The molecule has 2 aliphatic heterocycles. The molecule has 3 heterocycles. The highest BCUT2D eigenvalue weighted by molar-refractivity contribution is 7.14. The van der Waals surface area contributed by atoms with Gasteiger partial charge in [0.1, 0.15) is 0 Å². The molecule has 2 aliphatic rings. The number of aromatic nitrogens is 1. The number of fused-ring (bicyclic) bond motifs is 3. The van der Waals surface area contributed by atoms with Crippen LogP contribution in [0.1, 0.15) is 35.8 Å². The van der Waals surface area contributed by atoms with Gasteiger partial charge in [-0.2, -0.15) is 0 Å². The minimum Gasteiger partial charge on any atom is -0.466 e. The maximum absolute atomic E-state index is 13.4. The maximum atomic E-state index is 13.4. The molecule has 2 aromatic rings. The first-order chi connectivity index (χ1) is 14.4. The molecule has 1 aromatic heterocycles. The van der Waals surface area contributed by atoms with Crippen LogP contribution in [0.15, 0.2) is 29.6 Å². The molecule has 0 aliphatic carbocycles. The monoisotopic (exact) mass is 428 g/mol. The summed E-state index contributed by atoms with van der Waals surface area (Å²) in [5, 5.41) is 4.67. The average Bonchev–Trinajstić information content (AvgIpc) is 3.31. The molecule has 0 spiro atoms. The Bertz CT molecular complexity index is 1050. The van der Waals surface area contributed by atoms with E-state index in [1.807, 2.05) is 0 Å². The zero-order chi connectivity index (χ0) is 21.5. The molecule has 1 aromatic carbocycles. The minimum atomic E-state index is -1.46. The molecular formula is C20H20N4O5S. The van der Waals surface area contributed by atoms with Crippen molar-refractivity contribution in [1.29, 1.82) is 0 Å². The summed E-state index contributed by atoms with van der Waals surface area (Å²) < 4.78 is 4.91. The lowest BCUT2D eigenvalue weighted by Crippen LogP contribution is -2.68. The van der Waals surface area contributed by atoms with Crippen LogP contribution >= 0.6 is 11.3 Å². The molecule has 10 heteroatoms. The lowest BCUT2D eigenvalue weighted by molar-refractivity contribution is -0.142. The van der Waals surface area contributed by atoms with Crippen LogP contribution in [0.2, 0.25) is 0 Å². The lowest BCUT2D eigenvalue weighted by atomic mass is 9.96. The van der Waals surface area contributed by atoms with E-state index in [2.05, 4.69) is 10.3 Å². The van der Waals surface area contributed by atoms with Gasteiger partial charge < -0.3 is 9.64 Å². The highest BCUT2D eigenvalue weighted by Crippen LogP contribution is 2.44. The molecular weight excluding hydrogens is 408 g/mol. The van der Waals surface area contributed by atoms with Crippen LogP contribution in [0.4, 0.5) is 10.8 Å². The first kappa shape index (κ1) is 20.0. The Balaban J connectivity index is 1.63. The minimum absolute atomic E-state index is 0.00171. The van der Waals surface area contributed by atoms with Gasteiger partial charge in [-0.15, -0.1) is 11.3 Å². The Kier molecular flexibility index (Phi) is 5.02. The van der Waals surface area contributed by atoms with E-state index in [0.717, 1.165) is 11.3 Å². The van der Waals surface area contributed by atoms with Crippen molar-refractivity contribution < 1.29 is 23.9 Å². The van der Waals surface area contributed by atoms with Crippen molar-refractivity contribution in [1.82, 2.24) is 9.88 Å². The highest BCUT2D eigenvalue weighted by atomic mass is 32.1. The Morgan fingerprint density at radius 3 is 2.83 bits per heavy atom. The molecule has 3 amide bonds. The van der Waals surface area contributed by atoms with Gasteiger partial charge in [-0.05, 0) is 19.1 Å². The number of likely N-dealkylation sites (N-methyl/N-ethyl adjacent to an activating group) is 1. The number of para-hydroxylation sites is 1. The second-order valence-corrected chi connectivity index (χ2v) is 7.87. The van der Waals surface area contributed by atoms with Crippen LogP contribution < -0.4 is 10.2 Å². The molecule has 0 radical (unpaired) electrons. The molecule has 156 valence electrons. The smallest absolute Gasteiger partial charge is 0.311 e. The zero-order valence-corrected chi connectivity index (χ0v) is 17.3. The SMILES string of the molecule is CCOC(=O)Cc1csc(NC(=O)C23CCC(=O)N2c2ccccc2C(=O)N3C)n1. The second-order valence-electron chi connectivity index (χ2n) is 7.01. The van der Waals surface area contributed by atoms with Crippen molar-refractivity contribution in [3.05, 3.63) is 40.9 Å². The first-order valence-electron chi connectivity index (χ1n) is 9.50. The third-order valence-electron chi connectivity index (χ3n) is 5.31. The number of amides is 3. The first-order valence-corrected chi connectivity index (χ1v) is 10.4. The van der Waals surface area contributed by atoms with E-state index < -0.39 is 17.5 Å². The number of carbonyl (C=O) groups excluding carboxylic acids is 4. The summed E-state index contributed by atoms with van der Waals surface area (Å²) in [7, 11) is 1.53. The van der Waals surface area contributed by atoms with Gasteiger partial charge in [0.05, 0.1) is 30.0 Å². The van der Waals surface area contributed by atoms with E-state index in [9.17, 15) is 19.2 Å². The Hall–Kier alpha value is -3.27. The van der Waals surface area contributed by atoms with E-state index in [-0.39, 0.29) is 42.8 Å². The highest BCUT2D eigenvalue weighted by Gasteiger charge is 2.59. The fourth-order valence-corrected chi connectivity index (χ4v) is 4.64. The Labute approximate surface area is 176 Å². The van der Waals surface area contributed by atoms with E-state index in [4.69, 9.17) is 4.74 Å². The van der Waals surface area contributed by atoms with Gasteiger partial charge in [-0.1, -0.05) is 12.1 Å². The topological polar surface area (TPSA) is 109 Å². The van der Waals surface area contributed by atoms with Crippen LogP contribution in [0.3, 0.4) is 0 Å². The molecule has 1 fully saturated rings. The number of nitrogens with one attached hydrogen (secondary N) is 1. The molecule has 0 bridgehead atoms. The Morgan fingerprint density at radius 2 is 2.07 bits per heavy atom. The fourth-order valence-electron chi connectivity index (χ4n) is 3.93. The number of thiazole rings is 1. The van der Waals surface area contributed by atoms with Gasteiger partial charge in [0.15, 0.2) is 5.13 Å². The van der Waals surface area contributed by atoms with Gasteiger partial charge in [-0.25, -0.2) is 4.98 Å². The summed E-state index contributed by atoms with van der Waals surface area (Å²) in [5.41, 5.74) is -0.177. The van der Waals surface area contributed by atoms with E-state index in [1.165, 1.54) is 16.8 Å². The van der Waals surface area contributed by atoms with Gasteiger partial charge in [0.25, 0.3) is 11.8 Å². The van der Waals surface area contributed by atoms with Crippen LogP contribution in [0, 0.1) is 0 Å². The number of nitrogens with zero attached hydrogens (tertiary/aromatic N) is 3. The van der Waals surface area contributed by atoms with E-state index in [0.29, 0.717) is 16.9 Å². The molecule has 9 nitrogen and oxygen atoms in total. The van der Waals surface area contributed by atoms with Gasteiger partial charge in [-0.3, -0.25) is 29.4 Å². The summed E-state index contributed by atoms with van der Waals surface area (Å²) >= 11 is 1.16. The van der Waals surface area contributed by atoms with Crippen molar-refractivity contribution in [3.8, 4) is 0 Å². The standard InChI is InChI=1S/C20H20N4O5S/c1-3-29-16(26)10-12-11-30-19(21-12)22-18(28)20-9-8-15(25)24(20)14-7-5-4-6-13(14)17(27)23(20)2/h4-7,11H,3,8-10H2,1-2H3,(H,21,22,28). The number of anilines is 2. The predicted octanol–water partition coefficient (Wildman–Crippen LogP) is 1.80. The van der Waals surface area contributed by atoms with Crippen LogP contribution in [0.5, 0.6) is 0 Å². The molecule has 1 atom stereocenters. The van der Waals surface area contributed by atoms with Crippen LogP contribution in [0.25, 0.3) is 0 Å². The summed E-state index contributed by atoms with van der Waals surface area (Å²) in [6, 6.07) is 6.77. The third kappa shape index (κ3) is 3.04. The zero-order valence-electron chi connectivity index (χ0n) is 16.5. The van der Waals surface area contributed by atoms with Crippen molar-refractivity contribution >= 4 is 45.8 Å². The van der Waals surface area contributed by atoms with Crippen molar-refractivity contribution in [2.75, 3.05) is 23.9 Å². The molecule has 30 heavy (non-hydrogen) atoms. The quantitative estimate of drug-likeness (QED) is 0.728. The number of rotatable bonds is 5. The number of benzene rings is 1. The molecule has 0 saturated carbocycles. The third-order valence-corrected chi connectivity index (χ3v) is 6.11. The lowest BCUT2D eigenvalue weighted by Gasteiger charge is -2.47. The largest absolute Gasteiger partial charge is 0.466 e. The molecule has 1 unspecified atom stereocenters. The number of esters is 1. The van der Waals surface area contributed by atoms with Crippen LogP contribution in [-0.2, 0) is 25.5 Å². The van der Waals surface area contributed by atoms with Crippen LogP contribution in [-0.4, -0.2) is 52.9 Å². The number of ether oxygens (including phenoxy) is 1. The number of hydrogen-bond acceptors (Lipinski definition) is 7. The Morgan fingerprint density at radius 1 is 1.30 bits per heavy atom. The molecule has 4 rings (SSSR count). The summed E-state index contributed by atoms with van der Waals surface area (Å²) in [5.74, 6) is -1.47. The van der Waals surface area contributed by atoms with Gasteiger partial charge in [0, 0.05) is 25.3 Å². The van der Waals surface area contributed by atoms with Gasteiger partial charge in [0.2, 0.25) is 11.6 Å². The normalized spacial score (nSPS) is 20.1. The molecule has 1 saturated heterocycles. The fraction of sp³-hybridized carbons (Fsp3) is 0.350. The van der Waals surface area contributed by atoms with E-state index in [1.54, 1.807) is 36.6 Å². The predicted molar refractivity (Wildman–Crippen MR) is 109 cm³/mol. The second kappa shape index (κ2) is 7.52. The summed E-state index contributed by atoms with van der Waals surface area (Å²) in [6.07, 6.45) is 0.322. The molecule has 1 N–H and O–H groups in total. The summed E-state index contributed by atoms with van der Waals surface area (Å²) in [6.45, 7) is 2.00. The van der Waals surface area contributed by atoms with Crippen molar-refractivity contribution in [2.45, 2.75) is 31.8 Å².